The van der Waals surface area contributed by atoms with Crippen molar-refractivity contribution >= 4 is 44.8 Å². The smallest absolute Gasteiger partial charge is 0.241 e. The Bertz CT molecular complexity index is 1220. The van der Waals surface area contributed by atoms with E-state index in [1.807, 2.05) is 0 Å². The minimum atomic E-state index is -4.13. The molecule has 0 bridgehead atoms. The maximum Gasteiger partial charge on any atom is 0.241 e. The molecule has 35 heavy (non-hydrogen) atoms. The molecular formula is C24H29Cl2N5O3S. The van der Waals surface area contributed by atoms with Crippen LogP contribution in [0, 0.1) is 23.2 Å². The number of rotatable bonds is 7. The first-order valence-electron chi connectivity index (χ1n) is 11.8. The molecule has 1 saturated carbocycles. The van der Waals surface area contributed by atoms with Gasteiger partial charge >= 0.3 is 0 Å². The number of aryl methyl sites for hydroxylation is 1. The van der Waals surface area contributed by atoms with Crippen LogP contribution in [0.15, 0.2) is 35.4 Å². The van der Waals surface area contributed by atoms with Crippen LogP contribution in [0.2, 0.25) is 10.0 Å². The van der Waals surface area contributed by atoms with Crippen LogP contribution >= 0.6 is 23.2 Å². The molecular weight excluding hydrogens is 509 g/mol. The highest BCUT2D eigenvalue weighted by atomic mass is 35.5. The number of likely N-dealkylation sites (tertiary alicyclic amines) is 1. The highest BCUT2D eigenvalue weighted by Crippen LogP contribution is 2.36. The summed E-state index contributed by atoms with van der Waals surface area (Å²) < 4.78 is 30.8. The fraction of sp³-hybridized carbons (Fsp3) is 0.500. The number of amides is 1. The standard InChI is InChI=1S/C24H29Cl2N5O3S/c25-20-12-19(13-21(26)23(20)28)35(33,34)29-22(8-11-30-9-3-6-18(30)14-27)24(32)31-10-7-16-4-1-2-5-17(16)15-31/h3,6,9,12-13,16-17,22,29H,1-2,4-5,7-8,10-11,15,28H2. The van der Waals surface area contributed by atoms with Gasteiger partial charge in [0, 0.05) is 25.8 Å². The minimum Gasteiger partial charge on any atom is -0.396 e. The molecule has 2 fully saturated rings. The van der Waals surface area contributed by atoms with Crippen LogP contribution < -0.4 is 10.5 Å². The molecule has 2 heterocycles. The topological polar surface area (TPSA) is 121 Å². The SMILES string of the molecule is N#Cc1cccn1CCC(NS(=O)(=O)c1cc(Cl)c(N)c(Cl)c1)C(=O)N1CCC2CCCCC2C1. The van der Waals surface area contributed by atoms with E-state index in [0.29, 0.717) is 37.2 Å². The summed E-state index contributed by atoms with van der Waals surface area (Å²) in [4.78, 5) is 15.3. The highest BCUT2D eigenvalue weighted by molar-refractivity contribution is 7.89. The van der Waals surface area contributed by atoms with Crippen molar-refractivity contribution < 1.29 is 13.2 Å². The van der Waals surface area contributed by atoms with E-state index in [4.69, 9.17) is 28.9 Å². The quantitative estimate of drug-likeness (QED) is 0.516. The summed E-state index contributed by atoms with van der Waals surface area (Å²) >= 11 is 12.1. The van der Waals surface area contributed by atoms with Gasteiger partial charge in [0.05, 0.1) is 20.6 Å². The fourth-order valence-electron chi connectivity index (χ4n) is 5.20. The maximum atomic E-state index is 13.6. The van der Waals surface area contributed by atoms with Crippen LogP contribution in [0.1, 0.15) is 44.2 Å². The van der Waals surface area contributed by atoms with Gasteiger partial charge in [0.2, 0.25) is 15.9 Å². The second-order valence-electron chi connectivity index (χ2n) is 9.34. The van der Waals surface area contributed by atoms with Gasteiger partial charge in [-0.2, -0.15) is 9.98 Å². The predicted octanol–water partition coefficient (Wildman–Crippen LogP) is 4.02. The van der Waals surface area contributed by atoms with Crippen molar-refractivity contribution in [1.82, 2.24) is 14.2 Å². The first-order valence-corrected chi connectivity index (χ1v) is 14.0. The number of piperidine rings is 1. The Hall–Kier alpha value is -2.25. The Kier molecular flexibility index (Phi) is 7.96. The molecule has 188 valence electrons. The number of anilines is 1. The monoisotopic (exact) mass is 537 g/mol. The second-order valence-corrected chi connectivity index (χ2v) is 11.9. The molecule has 11 heteroatoms. The molecule has 1 aromatic carbocycles. The molecule has 1 amide bonds. The van der Waals surface area contributed by atoms with Gasteiger partial charge in [0.1, 0.15) is 17.8 Å². The van der Waals surface area contributed by atoms with Crippen molar-refractivity contribution in [3.05, 3.63) is 46.2 Å². The van der Waals surface area contributed by atoms with E-state index in [1.54, 1.807) is 27.8 Å². The average molecular weight is 539 g/mol. The van der Waals surface area contributed by atoms with Crippen LogP contribution in [0.25, 0.3) is 0 Å². The summed E-state index contributed by atoms with van der Waals surface area (Å²) in [5.74, 6) is 0.846. The number of carbonyl (C=O) groups is 1. The van der Waals surface area contributed by atoms with E-state index < -0.39 is 16.1 Å². The van der Waals surface area contributed by atoms with Gasteiger partial charge in [0.15, 0.2) is 0 Å². The zero-order valence-corrected chi connectivity index (χ0v) is 21.6. The molecule has 4 rings (SSSR count). The van der Waals surface area contributed by atoms with Crippen LogP contribution in [-0.2, 0) is 21.4 Å². The number of nitrogens with two attached hydrogens (primary N) is 1. The van der Waals surface area contributed by atoms with Gasteiger partial charge in [-0.1, -0.05) is 42.5 Å². The Morgan fingerprint density at radius 3 is 2.57 bits per heavy atom. The molecule has 3 unspecified atom stereocenters. The van der Waals surface area contributed by atoms with Gasteiger partial charge in [-0.15, -0.1) is 0 Å². The largest absolute Gasteiger partial charge is 0.396 e. The molecule has 3 atom stereocenters. The van der Waals surface area contributed by atoms with Crippen molar-refractivity contribution in [1.29, 1.82) is 5.26 Å². The lowest BCUT2D eigenvalue weighted by atomic mass is 9.75. The van der Waals surface area contributed by atoms with E-state index in [-0.39, 0.29) is 33.0 Å². The lowest BCUT2D eigenvalue weighted by Crippen LogP contribution is -2.53. The number of carbonyl (C=O) groups excluding carboxylic acids is 1. The first-order chi connectivity index (χ1) is 16.7. The fourth-order valence-corrected chi connectivity index (χ4v) is 7.10. The van der Waals surface area contributed by atoms with Crippen LogP contribution in [0.3, 0.4) is 0 Å². The van der Waals surface area contributed by atoms with E-state index in [9.17, 15) is 18.5 Å². The van der Waals surface area contributed by atoms with Crippen LogP contribution in [0.5, 0.6) is 0 Å². The summed E-state index contributed by atoms with van der Waals surface area (Å²) in [5, 5.41) is 9.35. The number of nitrogen functional groups attached to an aromatic ring is 1. The van der Waals surface area contributed by atoms with E-state index in [2.05, 4.69) is 10.8 Å². The number of benzene rings is 1. The summed E-state index contributed by atoms with van der Waals surface area (Å²) in [5.41, 5.74) is 6.29. The lowest BCUT2D eigenvalue weighted by Gasteiger charge is -2.42. The molecule has 1 aliphatic heterocycles. The van der Waals surface area contributed by atoms with Crippen molar-refractivity contribution in [2.45, 2.75) is 56.0 Å². The average Bonchev–Trinajstić information content (AvgIpc) is 3.31. The number of hydrogen-bond donors (Lipinski definition) is 2. The van der Waals surface area contributed by atoms with Gasteiger partial charge in [-0.3, -0.25) is 4.79 Å². The molecule has 3 N–H and O–H groups in total. The number of halogens is 2. The molecule has 1 aromatic heterocycles. The summed E-state index contributed by atoms with van der Waals surface area (Å²) in [7, 11) is -4.13. The third kappa shape index (κ3) is 5.78. The molecule has 8 nitrogen and oxygen atoms in total. The number of hydrogen-bond acceptors (Lipinski definition) is 5. The lowest BCUT2D eigenvalue weighted by molar-refractivity contribution is -0.136. The van der Waals surface area contributed by atoms with Gasteiger partial charge in [-0.05, 0) is 55.4 Å². The molecule has 2 aromatic rings. The van der Waals surface area contributed by atoms with Gasteiger partial charge in [0.25, 0.3) is 0 Å². The maximum absolute atomic E-state index is 13.6. The van der Waals surface area contributed by atoms with Crippen LogP contribution in [0.4, 0.5) is 5.69 Å². The third-order valence-electron chi connectivity index (χ3n) is 7.16. The van der Waals surface area contributed by atoms with Crippen molar-refractivity contribution in [2.75, 3.05) is 18.8 Å². The van der Waals surface area contributed by atoms with E-state index in [1.165, 1.54) is 31.4 Å². The summed E-state index contributed by atoms with van der Waals surface area (Å²) in [6.45, 7) is 1.57. The zero-order valence-electron chi connectivity index (χ0n) is 19.3. The van der Waals surface area contributed by atoms with Crippen molar-refractivity contribution in [3.63, 3.8) is 0 Å². The first kappa shape index (κ1) is 25.8. The van der Waals surface area contributed by atoms with E-state index >= 15 is 0 Å². The number of nitriles is 1. The minimum absolute atomic E-state index is 0.0196. The Labute approximate surface area is 216 Å². The summed E-state index contributed by atoms with van der Waals surface area (Å²) in [6, 6.07) is 6.95. The molecule has 0 spiro atoms. The number of nitrogens with one attached hydrogen (secondary N) is 1. The van der Waals surface area contributed by atoms with Gasteiger partial charge < -0.3 is 15.2 Å². The number of sulfonamides is 1. The Morgan fingerprint density at radius 2 is 1.89 bits per heavy atom. The van der Waals surface area contributed by atoms with Crippen molar-refractivity contribution in [3.8, 4) is 6.07 Å². The van der Waals surface area contributed by atoms with Crippen LogP contribution in [-0.4, -0.2) is 42.9 Å². The predicted molar refractivity (Wildman–Crippen MR) is 135 cm³/mol. The Morgan fingerprint density at radius 1 is 1.20 bits per heavy atom. The molecule has 0 radical (unpaired) electrons. The Balaban J connectivity index is 1.57. The van der Waals surface area contributed by atoms with Crippen molar-refractivity contribution in [2.24, 2.45) is 11.8 Å². The van der Waals surface area contributed by atoms with Gasteiger partial charge in [-0.25, -0.2) is 8.42 Å². The molecule has 1 saturated heterocycles. The number of fused-ring (bicyclic) bond motifs is 1. The second kappa shape index (κ2) is 10.8. The summed E-state index contributed by atoms with van der Waals surface area (Å²) in [6.07, 6.45) is 7.57. The highest BCUT2D eigenvalue weighted by Gasteiger charge is 2.36. The normalized spacial score (nSPS) is 21.2. The van der Waals surface area contributed by atoms with E-state index in [0.717, 1.165) is 12.8 Å². The molecule has 2 aliphatic rings. The zero-order chi connectivity index (χ0) is 25.2. The number of aromatic nitrogens is 1. The molecule has 1 aliphatic carbocycles. The third-order valence-corrected chi connectivity index (χ3v) is 9.24. The number of nitrogens with zero attached hydrogens (tertiary/aromatic N) is 3.